The predicted molar refractivity (Wildman–Crippen MR) is 93.6 cm³/mol. The fraction of sp³-hybridized carbons (Fsp3) is 0.600. The van der Waals surface area contributed by atoms with Crippen molar-refractivity contribution in [1.82, 2.24) is 0 Å². The van der Waals surface area contributed by atoms with Gasteiger partial charge in [-0.2, -0.15) is 0 Å². The molecule has 0 saturated heterocycles. The number of hydrogen-bond donors (Lipinski definition) is 0. The molecule has 0 atom stereocenters. The third-order valence-corrected chi connectivity index (χ3v) is 4.58. The third kappa shape index (κ3) is 7.46. The van der Waals surface area contributed by atoms with Gasteiger partial charge in [0.05, 0.1) is 14.2 Å². The van der Waals surface area contributed by atoms with Crippen LogP contribution in [0.5, 0.6) is 11.5 Å². The van der Waals surface area contributed by atoms with Gasteiger partial charge in [-0.1, -0.05) is 57.1 Å². The summed E-state index contributed by atoms with van der Waals surface area (Å²) in [6.07, 6.45) is 17.4. The number of ether oxygens (including phenoxy) is 2. The maximum Gasteiger partial charge on any atom is 0.123 e. The van der Waals surface area contributed by atoms with Crippen LogP contribution < -0.4 is 9.47 Å². The van der Waals surface area contributed by atoms with Gasteiger partial charge in [0.15, 0.2) is 0 Å². The van der Waals surface area contributed by atoms with E-state index in [-0.39, 0.29) is 17.1 Å². The van der Waals surface area contributed by atoms with Crippen molar-refractivity contribution in [3.63, 3.8) is 0 Å². The van der Waals surface area contributed by atoms with Crippen LogP contribution in [0.3, 0.4) is 0 Å². The van der Waals surface area contributed by atoms with E-state index in [1.165, 1.54) is 57.8 Å². The molecule has 2 fully saturated rings. The van der Waals surface area contributed by atoms with E-state index in [2.05, 4.69) is 12.2 Å². The van der Waals surface area contributed by atoms with Crippen LogP contribution in [0, 0.1) is 5.92 Å². The molecule has 3 rings (SSSR count). The molecule has 1 aromatic rings. The average molecular weight is 358 g/mol. The number of allylic oxidation sites excluding steroid dienone is 1. The molecule has 0 heterocycles. The molecule has 130 valence electrons. The minimum absolute atomic E-state index is 0. The quantitative estimate of drug-likeness (QED) is 0.628. The first-order valence-corrected chi connectivity index (χ1v) is 8.73. The molecule has 0 spiro atoms. The molecule has 2 nitrogen and oxygen atoms in total. The fourth-order valence-corrected chi connectivity index (χ4v) is 3.21. The Morgan fingerprint density at radius 3 is 1.70 bits per heavy atom. The van der Waals surface area contributed by atoms with Gasteiger partial charge in [0.2, 0.25) is 0 Å². The fourth-order valence-electron chi connectivity index (χ4n) is 3.21. The summed E-state index contributed by atoms with van der Waals surface area (Å²) in [5.41, 5.74) is 1.15. The van der Waals surface area contributed by atoms with Gasteiger partial charge in [-0.05, 0) is 36.5 Å². The molecule has 0 amide bonds. The van der Waals surface area contributed by atoms with Gasteiger partial charge in [0.25, 0.3) is 0 Å². The topological polar surface area (TPSA) is 18.5 Å². The second-order valence-corrected chi connectivity index (χ2v) is 6.32. The summed E-state index contributed by atoms with van der Waals surface area (Å²) in [5, 5.41) is 0. The third-order valence-electron chi connectivity index (χ3n) is 4.58. The molecule has 1 aromatic carbocycles. The van der Waals surface area contributed by atoms with Crippen molar-refractivity contribution in [1.29, 1.82) is 0 Å². The Morgan fingerprint density at radius 1 is 0.783 bits per heavy atom. The smallest absolute Gasteiger partial charge is 0.123 e. The molecular weight excluding hydrogens is 328 g/mol. The van der Waals surface area contributed by atoms with Gasteiger partial charge in [0, 0.05) is 23.1 Å². The monoisotopic (exact) mass is 358 g/mol. The Labute approximate surface area is 152 Å². The van der Waals surface area contributed by atoms with E-state index in [0.29, 0.717) is 0 Å². The Bertz CT molecular complexity index is 431. The molecular formula is C20H30FeO2. The van der Waals surface area contributed by atoms with Crippen molar-refractivity contribution in [3.05, 3.63) is 29.8 Å². The summed E-state index contributed by atoms with van der Waals surface area (Å²) in [7, 11) is 3.36. The first kappa shape index (κ1) is 20.1. The number of hydrogen-bond acceptors (Lipinski definition) is 2. The van der Waals surface area contributed by atoms with Gasteiger partial charge in [-0.3, -0.25) is 0 Å². The van der Waals surface area contributed by atoms with Crippen molar-refractivity contribution >= 4 is 6.08 Å². The van der Waals surface area contributed by atoms with E-state index in [4.69, 9.17) is 9.47 Å². The van der Waals surface area contributed by atoms with E-state index in [1.54, 1.807) is 14.2 Å². The summed E-state index contributed by atoms with van der Waals surface area (Å²) >= 11 is 0. The van der Waals surface area contributed by atoms with Crippen LogP contribution >= 0.6 is 0 Å². The summed E-state index contributed by atoms with van der Waals surface area (Å²) in [6, 6.07) is 5.97. The molecule has 0 unspecified atom stereocenters. The van der Waals surface area contributed by atoms with Crippen LogP contribution in [-0.2, 0) is 17.1 Å². The zero-order chi connectivity index (χ0) is 15.6. The normalized spacial score (nSPS) is 17.5. The second-order valence-electron chi connectivity index (χ2n) is 6.32. The van der Waals surface area contributed by atoms with Crippen molar-refractivity contribution < 1.29 is 26.5 Å². The van der Waals surface area contributed by atoms with E-state index in [9.17, 15) is 0 Å². The van der Waals surface area contributed by atoms with E-state index < -0.39 is 0 Å². The van der Waals surface area contributed by atoms with Crippen molar-refractivity contribution in [2.75, 3.05) is 14.2 Å². The van der Waals surface area contributed by atoms with E-state index in [1.807, 2.05) is 18.2 Å². The molecule has 3 heteroatoms. The molecule has 2 aliphatic rings. The van der Waals surface area contributed by atoms with Crippen LogP contribution in [0.15, 0.2) is 24.3 Å². The van der Waals surface area contributed by atoms with E-state index >= 15 is 0 Å². The first-order valence-electron chi connectivity index (χ1n) is 8.73. The van der Waals surface area contributed by atoms with Gasteiger partial charge >= 0.3 is 0 Å². The first-order chi connectivity index (χ1) is 10.8. The SMILES string of the molecule is C1CCCC1.COc1cc(C=CC2CCCC2)cc(OC)c1.[Fe]. The van der Waals surface area contributed by atoms with Crippen LogP contribution in [0.1, 0.15) is 63.4 Å². The Kier molecular flexibility index (Phi) is 10.1. The summed E-state index contributed by atoms with van der Waals surface area (Å²) in [6.45, 7) is 0. The van der Waals surface area contributed by atoms with Gasteiger partial charge in [-0.15, -0.1) is 0 Å². The minimum atomic E-state index is 0. The van der Waals surface area contributed by atoms with Crippen LogP contribution in [-0.4, -0.2) is 14.2 Å². The molecule has 0 aliphatic heterocycles. The predicted octanol–water partition coefficient (Wildman–Crippen LogP) is 5.86. The molecule has 0 bridgehead atoms. The number of benzene rings is 1. The maximum atomic E-state index is 5.26. The molecule has 0 radical (unpaired) electrons. The summed E-state index contributed by atoms with van der Waals surface area (Å²) in [4.78, 5) is 0. The Hall–Kier alpha value is -0.921. The number of rotatable bonds is 4. The van der Waals surface area contributed by atoms with Crippen molar-refractivity contribution in [2.24, 2.45) is 5.92 Å². The minimum Gasteiger partial charge on any atom is -0.497 e. The standard InChI is InChI=1S/C15H20O2.C5H10.Fe/c1-16-14-9-13(10-15(11-14)17-2)8-7-12-5-3-4-6-12;1-2-4-5-3-1;/h7-12H,3-6H2,1-2H3;1-5H2;. The van der Waals surface area contributed by atoms with Crippen LogP contribution in [0.25, 0.3) is 6.08 Å². The molecule has 2 aliphatic carbocycles. The average Bonchev–Trinajstić information content (AvgIpc) is 3.28. The maximum absolute atomic E-state index is 5.26. The summed E-state index contributed by atoms with van der Waals surface area (Å²) < 4.78 is 10.5. The van der Waals surface area contributed by atoms with Crippen LogP contribution in [0.4, 0.5) is 0 Å². The van der Waals surface area contributed by atoms with Gasteiger partial charge < -0.3 is 9.47 Å². The second kappa shape index (κ2) is 11.6. The molecule has 2 saturated carbocycles. The number of methoxy groups -OCH3 is 2. The van der Waals surface area contributed by atoms with Gasteiger partial charge in [-0.25, -0.2) is 0 Å². The van der Waals surface area contributed by atoms with Gasteiger partial charge in [0.1, 0.15) is 11.5 Å². The Balaban J connectivity index is 0.000000377. The zero-order valence-corrected chi connectivity index (χ0v) is 15.6. The van der Waals surface area contributed by atoms with Crippen LogP contribution in [0.2, 0.25) is 0 Å². The molecule has 0 N–H and O–H groups in total. The largest absolute Gasteiger partial charge is 0.497 e. The zero-order valence-electron chi connectivity index (χ0n) is 14.5. The Morgan fingerprint density at radius 2 is 1.26 bits per heavy atom. The molecule has 0 aromatic heterocycles. The molecule has 23 heavy (non-hydrogen) atoms. The van der Waals surface area contributed by atoms with E-state index in [0.717, 1.165) is 23.0 Å². The van der Waals surface area contributed by atoms with Crippen molar-refractivity contribution in [3.8, 4) is 11.5 Å². The summed E-state index contributed by atoms with van der Waals surface area (Å²) in [5.74, 6) is 2.44. The van der Waals surface area contributed by atoms with Crippen molar-refractivity contribution in [2.45, 2.75) is 57.8 Å².